The number of aromatic nitrogens is 1. The monoisotopic (exact) mass is 284 g/mol. The van der Waals surface area contributed by atoms with E-state index in [1.165, 1.54) is 0 Å². The summed E-state index contributed by atoms with van der Waals surface area (Å²) in [7, 11) is 0.914. The number of carbonyl (C=O) groups excluding carboxylic acids is 1. The first-order valence-electron chi connectivity index (χ1n) is 4.89. The van der Waals surface area contributed by atoms with Gasteiger partial charge in [-0.15, -0.1) is 0 Å². The summed E-state index contributed by atoms with van der Waals surface area (Å²) in [5, 5.41) is 0. The molecule has 19 heavy (non-hydrogen) atoms. The number of rotatable bonds is 3. The molecule has 0 atom stereocenters. The summed E-state index contributed by atoms with van der Waals surface area (Å²) in [4.78, 5) is 14.1. The van der Waals surface area contributed by atoms with Crippen molar-refractivity contribution >= 4 is 5.97 Å². The van der Waals surface area contributed by atoms with Crippen molar-refractivity contribution in [2.24, 2.45) is 5.73 Å². The Bertz CT molecular complexity index is 488. The third-order valence-electron chi connectivity index (χ3n) is 2.23. The van der Waals surface area contributed by atoms with Crippen LogP contribution in [0.1, 0.15) is 33.7 Å². The number of nitrogens with zero attached hydrogens (tertiary/aromatic N) is 1. The topological polar surface area (TPSA) is 65.2 Å². The van der Waals surface area contributed by atoms with Gasteiger partial charge >= 0.3 is 12.1 Å². The first-order valence-corrected chi connectivity index (χ1v) is 4.89. The highest BCUT2D eigenvalue weighted by Crippen LogP contribution is 2.33. The van der Waals surface area contributed by atoms with Crippen LogP contribution in [0.3, 0.4) is 0 Å². The standard InChI is InChI=1S/C10H9F5N2O2/c1-19-9(18)5-2-4(3-16)7(10(13,14)15)17-6(5)8(11)12/h2,8H,3,16H2,1H3. The number of halogens is 5. The molecule has 0 aliphatic rings. The highest BCUT2D eigenvalue weighted by molar-refractivity contribution is 5.90. The quantitative estimate of drug-likeness (QED) is 0.683. The number of carbonyl (C=O) groups is 1. The van der Waals surface area contributed by atoms with Gasteiger partial charge in [-0.1, -0.05) is 0 Å². The van der Waals surface area contributed by atoms with Crippen LogP contribution >= 0.6 is 0 Å². The third-order valence-corrected chi connectivity index (χ3v) is 2.23. The summed E-state index contributed by atoms with van der Waals surface area (Å²) in [5.41, 5.74) is 1.00. The van der Waals surface area contributed by atoms with E-state index in [4.69, 9.17) is 5.73 Å². The maximum Gasteiger partial charge on any atom is 0.433 e. The summed E-state index contributed by atoms with van der Waals surface area (Å²) in [6.07, 6.45) is -8.28. The number of pyridine rings is 1. The normalized spacial score (nSPS) is 11.8. The number of nitrogens with two attached hydrogens (primary N) is 1. The minimum absolute atomic E-state index is 0.558. The molecule has 0 radical (unpaired) electrons. The van der Waals surface area contributed by atoms with Crippen LogP contribution in [0.4, 0.5) is 22.0 Å². The lowest BCUT2D eigenvalue weighted by molar-refractivity contribution is -0.142. The van der Waals surface area contributed by atoms with Crippen LogP contribution in [-0.2, 0) is 17.5 Å². The molecule has 9 heteroatoms. The van der Waals surface area contributed by atoms with E-state index in [2.05, 4.69) is 9.72 Å². The fourth-order valence-corrected chi connectivity index (χ4v) is 1.41. The highest BCUT2D eigenvalue weighted by Gasteiger charge is 2.37. The van der Waals surface area contributed by atoms with Gasteiger partial charge in [-0.05, 0) is 11.6 Å². The van der Waals surface area contributed by atoms with E-state index in [1.807, 2.05) is 0 Å². The zero-order chi connectivity index (χ0) is 14.8. The van der Waals surface area contributed by atoms with Crippen molar-refractivity contribution in [3.8, 4) is 0 Å². The zero-order valence-electron chi connectivity index (χ0n) is 9.59. The molecule has 0 amide bonds. The predicted molar refractivity (Wildman–Crippen MR) is 53.4 cm³/mol. The molecule has 2 N–H and O–H groups in total. The Balaban J connectivity index is 3.56. The molecule has 4 nitrogen and oxygen atoms in total. The summed E-state index contributed by atoms with van der Waals surface area (Å²) in [5.74, 6) is -1.20. The predicted octanol–water partition coefficient (Wildman–Crippen LogP) is 2.28. The van der Waals surface area contributed by atoms with Gasteiger partial charge in [0.15, 0.2) is 0 Å². The number of hydrogen-bond acceptors (Lipinski definition) is 4. The summed E-state index contributed by atoms with van der Waals surface area (Å²) in [6.45, 7) is -0.602. The van der Waals surface area contributed by atoms with Gasteiger partial charge in [-0.2, -0.15) is 13.2 Å². The minimum Gasteiger partial charge on any atom is -0.465 e. The van der Waals surface area contributed by atoms with Gasteiger partial charge in [0.25, 0.3) is 6.43 Å². The zero-order valence-corrected chi connectivity index (χ0v) is 9.59. The van der Waals surface area contributed by atoms with Crippen molar-refractivity contribution in [3.63, 3.8) is 0 Å². The van der Waals surface area contributed by atoms with Crippen molar-refractivity contribution in [2.75, 3.05) is 7.11 Å². The lowest BCUT2D eigenvalue weighted by Crippen LogP contribution is -2.19. The number of ether oxygens (including phenoxy) is 1. The maximum absolute atomic E-state index is 12.7. The molecule has 0 aromatic carbocycles. The van der Waals surface area contributed by atoms with Gasteiger partial charge in [-0.25, -0.2) is 18.6 Å². The fourth-order valence-electron chi connectivity index (χ4n) is 1.41. The van der Waals surface area contributed by atoms with Gasteiger partial charge in [0.05, 0.1) is 12.7 Å². The second-order valence-corrected chi connectivity index (χ2v) is 3.42. The van der Waals surface area contributed by atoms with Crippen LogP contribution in [0, 0.1) is 0 Å². The fraction of sp³-hybridized carbons (Fsp3) is 0.400. The third kappa shape index (κ3) is 3.16. The van der Waals surface area contributed by atoms with E-state index >= 15 is 0 Å². The maximum atomic E-state index is 12.7. The van der Waals surface area contributed by atoms with Gasteiger partial charge in [-0.3, -0.25) is 0 Å². The van der Waals surface area contributed by atoms with Crippen molar-refractivity contribution in [1.82, 2.24) is 4.98 Å². The largest absolute Gasteiger partial charge is 0.465 e. The van der Waals surface area contributed by atoms with E-state index < -0.39 is 47.6 Å². The molecular weight excluding hydrogens is 275 g/mol. The van der Waals surface area contributed by atoms with Gasteiger partial charge in [0.2, 0.25) is 0 Å². The first kappa shape index (κ1) is 15.3. The van der Waals surface area contributed by atoms with E-state index in [1.54, 1.807) is 0 Å². The Hall–Kier alpha value is -1.77. The molecule has 1 aromatic heterocycles. The van der Waals surface area contributed by atoms with Crippen LogP contribution in [0.2, 0.25) is 0 Å². The SMILES string of the molecule is COC(=O)c1cc(CN)c(C(F)(F)F)nc1C(F)F. The minimum atomic E-state index is -4.94. The van der Waals surface area contributed by atoms with Crippen LogP contribution in [0.25, 0.3) is 0 Å². The molecule has 0 aliphatic heterocycles. The smallest absolute Gasteiger partial charge is 0.433 e. The molecule has 1 heterocycles. The average molecular weight is 284 g/mol. The van der Waals surface area contributed by atoms with E-state index in [-0.39, 0.29) is 0 Å². The number of hydrogen-bond donors (Lipinski definition) is 1. The Morgan fingerprint density at radius 2 is 2.05 bits per heavy atom. The Morgan fingerprint density at radius 3 is 2.42 bits per heavy atom. The van der Waals surface area contributed by atoms with Gasteiger partial charge in [0.1, 0.15) is 11.4 Å². The summed E-state index contributed by atoms with van der Waals surface area (Å²) >= 11 is 0. The molecule has 0 fully saturated rings. The van der Waals surface area contributed by atoms with Crippen LogP contribution in [-0.4, -0.2) is 18.1 Å². The Kier molecular flexibility index (Phi) is 4.40. The summed E-state index contributed by atoms with van der Waals surface area (Å²) < 4.78 is 67.4. The second kappa shape index (κ2) is 5.47. The van der Waals surface area contributed by atoms with Crippen LogP contribution in [0.15, 0.2) is 6.07 Å². The number of methoxy groups -OCH3 is 1. The average Bonchev–Trinajstić information content (AvgIpc) is 2.34. The summed E-state index contributed by atoms with van der Waals surface area (Å²) in [6, 6.07) is 0.628. The van der Waals surface area contributed by atoms with E-state index in [0.717, 1.165) is 7.11 Å². The lowest BCUT2D eigenvalue weighted by Gasteiger charge is -2.15. The molecule has 0 saturated carbocycles. The van der Waals surface area contributed by atoms with Crippen LogP contribution in [0.5, 0.6) is 0 Å². The highest BCUT2D eigenvalue weighted by atomic mass is 19.4. The molecule has 0 bridgehead atoms. The molecule has 0 aliphatic carbocycles. The van der Waals surface area contributed by atoms with Crippen LogP contribution < -0.4 is 5.73 Å². The Labute approximate surface area is 104 Å². The second-order valence-electron chi connectivity index (χ2n) is 3.42. The molecule has 1 rings (SSSR count). The molecule has 106 valence electrons. The van der Waals surface area contributed by atoms with Gasteiger partial charge in [0, 0.05) is 6.54 Å². The van der Waals surface area contributed by atoms with Crippen molar-refractivity contribution in [2.45, 2.75) is 19.1 Å². The molecular formula is C10H9F5N2O2. The molecule has 0 unspecified atom stereocenters. The van der Waals surface area contributed by atoms with Gasteiger partial charge < -0.3 is 10.5 Å². The number of alkyl halides is 5. The van der Waals surface area contributed by atoms with Crippen molar-refractivity contribution in [3.05, 3.63) is 28.6 Å². The first-order chi connectivity index (χ1) is 8.72. The molecule has 0 spiro atoms. The van der Waals surface area contributed by atoms with Crippen molar-refractivity contribution < 1.29 is 31.5 Å². The number of esters is 1. The Morgan fingerprint density at radius 1 is 1.47 bits per heavy atom. The van der Waals surface area contributed by atoms with Crippen molar-refractivity contribution in [1.29, 1.82) is 0 Å². The lowest BCUT2D eigenvalue weighted by atomic mass is 10.1. The van der Waals surface area contributed by atoms with E-state index in [9.17, 15) is 26.7 Å². The van der Waals surface area contributed by atoms with E-state index in [0.29, 0.717) is 6.07 Å². The molecule has 1 aromatic rings. The molecule has 0 saturated heterocycles.